The molecule has 1 fully saturated rings. The van der Waals surface area contributed by atoms with Crippen LogP contribution in [0.1, 0.15) is 45.8 Å². The van der Waals surface area contributed by atoms with E-state index in [1.807, 2.05) is 11.8 Å². The Morgan fingerprint density at radius 2 is 2.15 bits per heavy atom. The van der Waals surface area contributed by atoms with Crippen LogP contribution in [-0.2, 0) is 12.2 Å². The third-order valence-electron chi connectivity index (χ3n) is 4.18. The van der Waals surface area contributed by atoms with Crippen LogP contribution in [0.4, 0.5) is 0 Å². The second kappa shape index (κ2) is 6.84. The SMILES string of the molecule is O=C(NCC1CCC(Br)CC1)c1cc2c(s1)CCSC2. The van der Waals surface area contributed by atoms with Crippen molar-refractivity contribution in [2.75, 3.05) is 12.3 Å². The third-order valence-corrected chi connectivity index (χ3v) is 7.34. The first kappa shape index (κ1) is 14.9. The monoisotopic (exact) mass is 373 g/mol. The molecule has 1 aliphatic carbocycles. The summed E-state index contributed by atoms with van der Waals surface area (Å²) < 4.78 is 0. The molecule has 1 aromatic rings. The molecule has 1 saturated carbocycles. The van der Waals surface area contributed by atoms with Gasteiger partial charge in [-0.1, -0.05) is 15.9 Å². The molecular weight excluding hydrogens is 354 g/mol. The van der Waals surface area contributed by atoms with Crippen molar-refractivity contribution in [3.05, 3.63) is 21.4 Å². The normalized spacial score (nSPS) is 26.1. The van der Waals surface area contributed by atoms with Crippen LogP contribution in [0.5, 0.6) is 0 Å². The Bertz CT molecular complexity index is 457. The van der Waals surface area contributed by atoms with Gasteiger partial charge < -0.3 is 5.32 Å². The van der Waals surface area contributed by atoms with E-state index in [1.54, 1.807) is 11.3 Å². The fourth-order valence-corrected chi connectivity index (χ4v) is 5.73. The predicted molar refractivity (Wildman–Crippen MR) is 91.2 cm³/mol. The van der Waals surface area contributed by atoms with Crippen LogP contribution in [-0.4, -0.2) is 23.0 Å². The second-order valence-corrected chi connectivity index (χ2v) is 9.23. The molecule has 1 amide bonds. The van der Waals surface area contributed by atoms with Crippen molar-refractivity contribution in [2.24, 2.45) is 5.92 Å². The van der Waals surface area contributed by atoms with Crippen LogP contribution in [0.25, 0.3) is 0 Å². The summed E-state index contributed by atoms with van der Waals surface area (Å²) in [6.45, 7) is 0.843. The quantitative estimate of drug-likeness (QED) is 0.803. The fraction of sp³-hybridized carbons (Fsp3) is 0.667. The molecule has 0 aromatic carbocycles. The highest BCUT2D eigenvalue weighted by Gasteiger charge is 2.21. The number of alkyl halides is 1. The number of carbonyl (C=O) groups is 1. The lowest BCUT2D eigenvalue weighted by Gasteiger charge is -2.25. The minimum atomic E-state index is 0.135. The van der Waals surface area contributed by atoms with Crippen molar-refractivity contribution >= 4 is 44.9 Å². The van der Waals surface area contributed by atoms with Gasteiger partial charge in [0.1, 0.15) is 0 Å². The number of amides is 1. The molecule has 0 unspecified atom stereocenters. The lowest BCUT2D eigenvalue weighted by Crippen LogP contribution is -2.30. The molecule has 0 atom stereocenters. The maximum absolute atomic E-state index is 12.3. The number of fused-ring (bicyclic) bond motifs is 1. The molecule has 0 bridgehead atoms. The Morgan fingerprint density at radius 1 is 1.35 bits per heavy atom. The number of halogens is 1. The smallest absolute Gasteiger partial charge is 0.261 e. The van der Waals surface area contributed by atoms with Gasteiger partial charge in [-0.2, -0.15) is 11.8 Å². The van der Waals surface area contributed by atoms with Crippen LogP contribution in [0.3, 0.4) is 0 Å². The molecule has 110 valence electrons. The number of rotatable bonds is 3. The van der Waals surface area contributed by atoms with Crippen LogP contribution in [0, 0.1) is 5.92 Å². The Balaban J connectivity index is 1.52. The van der Waals surface area contributed by atoms with Crippen molar-refractivity contribution in [1.29, 1.82) is 0 Å². The van der Waals surface area contributed by atoms with Crippen LogP contribution in [0.2, 0.25) is 0 Å². The van der Waals surface area contributed by atoms with E-state index in [0.717, 1.165) is 23.6 Å². The number of thiophene rings is 1. The fourth-order valence-electron chi connectivity index (χ4n) is 2.91. The molecule has 0 saturated heterocycles. The number of hydrogen-bond acceptors (Lipinski definition) is 3. The van der Waals surface area contributed by atoms with Crippen molar-refractivity contribution in [3.63, 3.8) is 0 Å². The zero-order valence-electron chi connectivity index (χ0n) is 11.5. The van der Waals surface area contributed by atoms with E-state index in [2.05, 4.69) is 27.3 Å². The van der Waals surface area contributed by atoms with Gasteiger partial charge >= 0.3 is 0 Å². The van der Waals surface area contributed by atoms with E-state index in [1.165, 1.54) is 41.9 Å². The first-order valence-electron chi connectivity index (χ1n) is 7.34. The summed E-state index contributed by atoms with van der Waals surface area (Å²) in [7, 11) is 0. The topological polar surface area (TPSA) is 29.1 Å². The highest BCUT2D eigenvalue weighted by atomic mass is 79.9. The van der Waals surface area contributed by atoms with Gasteiger partial charge in [0.05, 0.1) is 4.88 Å². The minimum absolute atomic E-state index is 0.135. The van der Waals surface area contributed by atoms with Crippen LogP contribution < -0.4 is 5.32 Å². The molecule has 2 nitrogen and oxygen atoms in total. The summed E-state index contributed by atoms with van der Waals surface area (Å²) in [6, 6.07) is 2.11. The zero-order chi connectivity index (χ0) is 13.9. The molecule has 2 heterocycles. The standard InChI is InChI=1S/C15H20BrNOS2/c16-12-3-1-10(2-4-12)8-17-15(18)14-7-11-9-19-6-5-13(11)20-14/h7,10,12H,1-6,8-9H2,(H,17,18). The highest BCUT2D eigenvalue weighted by Crippen LogP contribution is 2.32. The molecule has 1 aromatic heterocycles. The molecular formula is C15H20BrNOS2. The summed E-state index contributed by atoms with van der Waals surface area (Å²) in [5.41, 5.74) is 1.39. The van der Waals surface area contributed by atoms with Gasteiger partial charge in [0, 0.05) is 22.0 Å². The molecule has 1 N–H and O–H groups in total. The lowest BCUT2D eigenvalue weighted by atomic mass is 9.89. The maximum Gasteiger partial charge on any atom is 0.261 e. The van der Waals surface area contributed by atoms with E-state index in [-0.39, 0.29) is 5.91 Å². The Kier molecular flexibility index (Phi) is 5.10. The van der Waals surface area contributed by atoms with Crippen molar-refractivity contribution in [3.8, 4) is 0 Å². The predicted octanol–water partition coefficient (Wildman–Crippen LogP) is 4.22. The molecule has 2 aliphatic rings. The number of hydrogen-bond donors (Lipinski definition) is 1. The van der Waals surface area contributed by atoms with Gasteiger partial charge in [-0.25, -0.2) is 0 Å². The first-order chi connectivity index (χ1) is 9.72. The lowest BCUT2D eigenvalue weighted by molar-refractivity contribution is 0.0948. The minimum Gasteiger partial charge on any atom is -0.351 e. The number of aryl methyl sites for hydroxylation is 1. The summed E-state index contributed by atoms with van der Waals surface area (Å²) in [4.78, 5) is 15.3. The average Bonchev–Trinajstić information content (AvgIpc) is 2.90. The molecule has 0 radical (unpaired) electrons. The summed E-state index contributed by atoms with van der Waals surface area (Å²) in [6.07, 6.45) is 6.07. The van der Waals surface area contributed by atoms with Gasteiger partial charge in [0.15, 0.2) is 0 Å². The van der Waals surface area contributed by atoms with Crippen LogP contribution in [0.15, 0.2) is 6.07 Å². The van der Waals surface area contributed by atoms with Crippen molar-refractivity contribution in [2.45, 2.75) is 42.7 Å². The van der Waals surface area contributed by atoms with E-state index in [9.17, 15) is 4.79 Å². The van der Waals surface area contributed by atoms with E-state index in [0.29, 0.717) is 10.7 Å². The van der Waals surface area contributed by atoms with Gasteiger partial charge in [0.2, 0.25) is 0 Å². The van der Waals surface area contributed by atoms with Crippen LogP contribution >= 0.6 is 39.0 Å². The Labute approximate surface area is 137 Å². The van der Waals surface area contributed by atoms with Crippen molar-refractivity contribution < 1.29 is 4.79 Å². The average molecular weight is 374 g/mol. The number of thioether (sulfide) groups is 1. The summed E-state index contributed by atoms with van der Waals surface area (Å²) >= 11 is 7.34. The first-order valence-corrected chi connectivity index (χ1v) is 10.2. The Morgan fingerprint density at radius 3 is 2.90 bits per heavy atom. The molecule has 0 spiro atoms. The zero-order valence-corrected chi connectivity index (χ0v) is 14.7. The summed E-state index contributed by atoms with van der Waals surface area (Å²) in [5, 5.41) is 3.14. The van der Waals surface area contributed by atoms with E-state index < -0.39 is 0 Å². The second-order valence-electron chi connectivity index (χ2n) is 5.69. The van der Waals surface area contributed by atoms with Gasteiger partial charge in [0.25, 0.3) is 5.91 Å². The van der Waals surface area contributed by atoms with Crippen molar-refractivity contribution in [1.82, 2.24) is 5.32 Å². The number of carbonyl (C=O) groups excluding carboxylic acids is 1. The van der Waals surface area contributed by atoms with Gasteiger partial charge in [-0.3, -0.25) is 4.79 Å². The molecule has 1 aliphatic heterocycles. The summed E-state index contributed by atoms with van der Waals surface area (Å²) in [5.74, 6) is 3.08. The highest BCUT2D eigenvalue weighted by molar-refractivity contribution is 9.09. The van der Waals surface area contributed by atoms with Gasteiger partial charge in [-0.05, 0) is 55.4 Å². The third kappa shape index (κ3) is 3.60. The molecule has 5 heteroatoms. The Hall–Kier alpha value is -0.000000000000000111. The maximum atomic E-state index is 12.3. The largest absolute Gasteiger partial charge is 0.351 e. The van der Waals surface area contributed by atoms with E-state index >= 15 is 0 Å². The molecule has 3 rings (SSSR count). The molecule has 20 heavy (non-hydrogen) atoms. The number of nitrogens with one attached hydrogen (secondary N) is 1. The van der Waals surface area contributed by atoms with Gasteiger partial charge in [-0.15, -0.1) is 11.3 Å². The van der Waals surface area contributed by atoms with E-state index in [4.69, 9.17) is 0 Å².